The molecule has 2 aliphatic heterocycles. The highest BCUT2D eigenvalue weighted by atomic mass is 32.2. The van der Waals surface area contributed by atoms with Crippen LogP contribution in [0.3, 0.4) is 0 Å². The van der Waals surface area contributed by atoms with Gasteiger partial charge >= 0.3 is 0 Å². The van der Waals surface area contributed by atoms with E-state index in [2.05, 4.69) is 30.9 Å². The summed E-state index contributed by atoms with van der Waals surface area (Å²) in [5, 5.41) is 3.97. The highest BCUT2D eigenvalue weighted by Gasteiger charge is 2.41. The maximum Gasteiger partial charge on any atom is 0.0795 e. The van der Waals surface area contributed by atoms with Crippen LogP contribution in [0.15, 0.2) is 0 Å². The van der Waals surface area contributed by atoms with Gasteiger partial charge in [0.25, 0.3) is 0 Å². The van der Waals surface area contributed by atoms with Crippen LogP contribution in [0.4, 0.5) is 0 Å². The molecule has 3 aliphatic rings. The zero-order valence-corrected chi connectivity index (χ0v) is 14.8. The molecule has 0 bridgehead atoms. The van der Waals surface area contributed by atoms with Gasteiger partial charge in [-0.2, -0.15) is 11.8 Å². The monoisotopic (exact) mass is 311 g/mol. The minimum atomic E-state index is 0.224. The van der Waals surface area contributed by atoms with E-state index < -0.39 is 0 Å². The fourth-order valence-electron chi connectivity index (χ4n) is 4.87. The lowest BCUT2D eigenvalue weighted by Gasteiger charge is -2.40. The summed E-state index contributed by atoms with van der Waals surface area (Å²) in [5.74, 6) is 3.35. The quantitative estimate of drug-likeness (QED) is 0.820. The highest BCUT2D eigenvalue weighted by molar-refractivity contribution is 7.99. The van der Waals surface area contributed by atoms with Crippen molar-refractivity contribution in [3.05, 3.63) is 0 Å². The van der Waals surface area contributed by atoms with Crippen LogP contribution >= 0.6 is 11.8 Å². The zero-order chi connectivity index (χ0) is 14.8. The molecule has 0 aromatic heterocycles. The number of thioether (sulfide) groups is 1. The largest absolute Gasteiger partial charge is 0.374 e. The van der Waals surface area contributed by atoms with E-state index in [-0.39, 0.29) is 5.60 Å². The molecule has 2 atom stereocenters. The predicted molar refractivity (Wildman–Crippen MR) is 92.0 cm³/mol. The third-order valence-corrected chi connectivity index (χ3v) is 7.05. The molecule has 21 heavy (non-hydrogen) atoms. The van der Waals surface area contributed by atoms with Crippen molar-refractivity contribution in [2.45, 2.75) is 76.9 Å². The summed E-state index contributed by atoms with van der Waals surface area (Å²) in [6, 6.07) is 0.696. The lowest BCUT2D eigenvalue weighted by molar-refractivity contribution is -0.0712. The summed E-state index contributed by atoms with van der Waals surface area (Å²) in [7, 11) is 0. The van der Waals surface area contributed by atoms with Crippen molar-refractivity contribution in [3.8, 4) is 0 Å². The normalized spacial score (nSPS) is 35.9. The van der Waals surface area contributed by atoms with E-state index in [1.807, 2.05) is 0 Å². The number of hydrogen-bond donors (Lipinski definition) is 1. The van der Waals surface area contributed by atoms with Crippen LogP contribution in [0, 0.1) is 11.3 Å². The van der Waals surface area contributed by atoms with Gasteiger partial charge in [-0.05, 0) is 55.6 Å². The minimum absolute atomic E-state index is 0.224. The van der Waals surface area contributed by atoms with Gasteiger partial charge in [-0.15, -0.1) is 0 Å². The van der Waals surface area contributed by atoms with Crippen molar-refractivity contribution in [3.63, 3.8) is 0 Å². The molecule has 2 heterocycles. The average molecular weight is 312 g/mol. The Hall–Kier alpha value is 0.270. The Balaban J connectivity index is 1.53. The topological polar surface area (TPSA) is 21.3 Å². The molecule has 1 N–H and O–H groups in total. The van der Waals surface area contributed by atoms with E-state index in [4.69, 9.17) is 4.74 Å². The first-order chi connectivity index (χ1) is 10.1. The van der Waals surface area contributed by atoms with Gasteiger partial charge in [0.2, 0.25) is 0 Å². The standard InChI is InChI=1S/C18H33NOS/c1-15(2)11-17(6-3-4-7-17)13-19-16-5-9-20-18(12-16)8-10-21-14-18/h15-16,19H,3-14H2,1-2H3. The Morgan fingerprint density at radius 1 is 1.24 bits per heavy atom. The van der Waals surface area contributed by atoms with Crippen LogP contribution in [0.2, 0.25) is 0 Å². The van der Waals surface area contributed by atoms with Crippen molar-refractivity contribution < 1.29 is 4.74 Å². The second-order valence-corrected chi connectivity index (χ2v) is 9.31. The first-order valence-electron chi connectivity index (χ1n) is 9.07. The van der Waals surface area contributed by atoms with Crippen molar-refractivity contribution in [1.29, 1.82) is 0 Å². The smallest absolute Gasteiger partial charge is 0.0795 e. The van der Waals surface area contributed by atoms with Crippen molar-refractivity contribution in [1.82, 2.24) is 5.32 Å². The van der Waals surface area contributed by atoms with Crippen molar-refractivity contribution >= 4 is 11.8 Å². The van der Waals surface area contributed by atoms with Crippen molar-refractivity contribution in [2.75, 3.05) is 24.7 Å². The van der Waals surface area contributed by atoms with Gasteiger partial charge in [0.15, 0.2) is 0 Å². The summed E-state index contributed by atoms with van der Waals surface area (Å²) in [5.41, 5.74) is 0.825. The fourth-order valence-corrected chi connectivity index (χ4v) is 6.25. The van der Waals surface area contributed by atoms with Crippen molar-refractivity contribution in [2.24, 2.45) is 11.3 Å². The molecular formula is C18H33NOS. The van der Waals surface area contributed by atoms with E-state index in [9.17, 15) is 0 Å². The number of hydrogen-bond acceptors (Lipinski definition) is 3. The van der Waals surface area contributed by atoms with E-state index in [0.717, 1.165) is 12.5 Å². The first kappa shape index (κ1) is 16.1. The van der Waals surface area contributed by atoms with E-state index in [1.165, 1.54) is 69.4 Å². The molecule has 3 rings (SSSR count). The van der Waals surface area contributed by atoms with Gasteiger partial charge in [0.1, 0.15) is 0 Å². The highest BCUT2D eigenvalue weighted by Crippen LogP contribution is 2.43. The van der Waals surface area contributed by atoms with Gasteiger partial charge in [0.05, 0.1) is 5.60 Å². The summed E-state index contributed by atoms with van der Waals surface area (Å²) in [6.07, 6.45) is 10.9. The molecule has 122 valence electrons. The van der Waals surface area contributed by atoms with E-state index >= 15 is 0 Å². The molecule has 1 saturated carbocycles. The zero-order valence-electron chi connectivity index (χ0n) is 14.0. The van der Waals surface area contributed by atoms with Crippen LogP contribution in [0.5, 0.6) is 0 Å². The van der Waals surface area contributed by atoms with Gasteiger partial charge in [-0.3, -0.25) is 0 Å². The lowest BCUT2D eigenvalue weighted by atomic mass is 9.78. The second-order valence-electron chi connectivity index (χ2n) is 8.21. The van der Waals surface area contributed by atoms with Crippen LogP contribution in [-0.2, 0) is 4.74 Å². The fraction of sp³-hybridized carbons (Fsp3) is 1.00. The van der Waals surface area contributed by atoms with Crippen LogP contribution < -0.4 is 5.32 Å². The van der Waals surface area contributed by atoms with Crippen LogP contribution in [0.25, 0.3) is 0 Å². The van der Waals surface area contributed by atoms with Crippen LogP contribution in [-0.4, -0.2) is 36.3 Å². The number of nitrogens with one attached hydrogen (secondary N) is 1. The number of rotatable bonds is 5. The molecule has 1 spiro atoms. The Kier molecular flexibility index (Phi) is 5.23. The maximum atomic E-state index is 6.16. The van der Waals surface area contributed by atoms with Crippen LogP contribution in [0.1, 0.15) is 65.2 Å². The SMILES string of the molecule is CC(C)CC1(CNC2CCOC3(CCSC3)C2)CCCC1. The second kappa shape index (κ2) is 6.80. The molecular weight excluding hydrogens is 278 g/mol. The molecule has 0 amide bonds. The lowest BCUT2D eigenvalue weighted by Crippen LogP contribution is -2.49. The molecule has 2 saturated heterocycles. The maximum absolute atomic E-state index is 6.16. The van der Waals surface area contributed by atoms with Gasteiger partial charge in [-0.1, -0.05) is 26.7 Å². The molecule has 0 aromatic carbocycles. The summed E-state index contributed by atoms with van der Waals surface area (Å²) in [6.45, 7) is 6.99. The molecule has 0 radical (unpaired) electrons. The third-order valence-electron chi connectivity index (χ3n) is 5.83. The molecule has 2 nitrogen and oxygen atoms in total. The Morgan fingerprint density at radius 3 is 2.71 bits per heavy atom. The van der Waals surface area contributed by atoms with Gasteiger partial charge < -0.3 is 10.1 Å². The summed E-state index contributed by atoms with van der Waals surface area (Å²) < 4.78 is 6.16. The van der Waals surface area contributed by atoms with Gasteiger partial charge in [0, 0.05) is 24.9 Å². The summed E-state index contributed by atoms with van der Waals surface area (Å²) >= 11 is 2.08. The first-order valence-corrected chi connectivity index (χ1v) is 10.2. The third kappa shape index (κ3) is 3.97. The van der Waals surface area contributed by atoms with E-state index in [1.54, 1.807) is 0 Å². The Bertz CT molecular complexity index is 332. The molecule has 2 unspecified atom stereocenters. The van der Waals surface area contributed by atoms with E-state index in [0.29, 0.717) is 11.5 Å². The minimum Gasteiger partial charge on any atom is -0.374 e. The number of ether oxygens (including phenoxy) is 1. The predicted octanol–water partition coefficient (Wildman–Crippen LogP) is 4.24. The molecule has 3 heteroatoms. The Labute approximate surface area is 135 Å². The molecule has 0 aromatic rings. The Morgan fingerprint density at radius 2 is 2.05 bits per heavy atom. The average Bonchev–Trinajstić information content (AvgIpc) is 3.07. The molecule has 1 aliphatic carbocycles. The summed E-state index contributed by atoms with van der Waals surface area (Å²) in [4.78, 5) is 0. The molecule has 3 fully saturated rings. The van der Waals surface area contributed by atoms with Gasteiger partial charge in [-0.25, -0.2) is 0 Å².